The molecular formula is C13H17N3. The Labute approximate surface area is 95.7 Å². The number of hydrogen-bond donors (Lipinski definition) is 2. The van der Waals surface area contributed by atoms with Crippen molar-refractivity contribution in [1.82, 2.24) is 10.3 Å². The molecule has 1 aromatic heterocycles. The van der Waals surface area contributed by atoms with Crippen LogP contribution in [-0.2, 0) is 6.54 Å². The molecule has 2 rings (SSSR count). The van der Waals surface area contributed by atoms with Gasteiger partial charge in [0.1, 0.15) is 0 Å². The van der Waals surface area contributed by atoms with Crippen molar-refractivity contribution in [1.29, 1.82) is 0 Å². The van der Waals surface area contributed by atoms with Crippen LogP contribution in [0.3, 0.4) is 0 Å². The molecule has 1 atom stereocenters. The first-order valence-corrected chi connectivity index (χ1v) is 5.57. The molecule has 1 aromatic carbocycles. The Kier molecular flexibility index (Phi) is 3.49. The number of nitrogens with zero attached hydrogens (tertiary/aromatic N) is 1. The van der Waals surface area contributed by atoms with Gasteiger partial charge in [0.25, 0.3) is 0 Å². The van der Waals surface area contributed by atoms with Crippen LogP contribution in [0.15, 0.2) is 36.5 Å². The Morgan fingerprint density at radius 3 is 2.94 bits per heavy atom. The van der Waals surface area contributed by atoms with Gasteiger partial charge < -0.3 is 11.1 Å². The van der Waals surface area contributed by atoms with E-state index in [-0.39, 0.29) is 0 Å². The summed E-state index contributed by atoms with van der Waals surface area (Å²) in [7, 11) is 0. The summed E-state index contributed by atoms with van der Waals surface area (Å²) < 4.78 is 0. The second-order valence-electron chi connectivity index (χ2n) is 4.00. The van der Waals surface area contributed by atoms with Crippen molar-refractivity contribution in [2.75, 3.05) is 6.54 Å². The van der Waals surface area contributed by atoms with E-state index in [1.165, 1.54) is 10.9 Å². The van der Waals surface area contributed by atoms with Gasteiger partial charge in [-0.1, -0.05) is 18.2 Å². The monoisotopic (exact) mass is 215 g/mol. The van der Waals surface area contributed by atoms with Crippen molar-refractivity contribution in [2.24, 2.45) is 5.73 Å². The predicted molar refractivity (Wildman–Crippen MR) is 67.1 cm³/mol. The summed E-state index contributed by atoms with van der Waals surface area (Å²) in [6.45, 7) is 3.58. The number of fused-ring (bicyclic) bond motifs is 1. The Morgan fingerprint density at radius 2 is 2.12 bits per heavy atom. The second kappa shape index (κ2) is 5.05. The second-order valence-corrected chi connectivity index (χ2v) is 4.00. The van der Waals surface area contributed by atoms with Crippen LogP contribution in [-0.4, -0.2) is 17.6 Å². The van der Waals surface area contributed by atoms with Crippen molar-refractivity contribution < 1.29 is 0 Å². The molecule has 3 heteroatoms. The Morgan fingerprint density at radius 1 is 1.31 bits per heavy atom. The molecule has 0 saturated carbocycles. The highest BCUT2D eigenvalue weighted by molar-refractivity contribution is 5.81. The summed E-state index contributed by atoms with van der Waals surface area (Å²) in [5.41, 5.74) is 7.89. The van der Waals surface area contributed by atoms with Crippen LogP contribution in [0.5, 0.6) is 0 Å². The topological polar surface area (TPSA) is 50.9 Å². The predicted octanol–water partition coefficient (Wildman–Crippen LogP) is 1.67. The van der Waals surface area contributed by atoms with Crippen LogP contribution in [0.1, 0.15) is 12.5 Å². The third-order valence-electron chi connectivity index (χ3n) is 2.73. The first kappa shape index (κ1) is 11.0. The number of aromatic nitrogens is 1. The van der Waals surface area contributed by atoms with Crippen LogP contribution in [0.2, 0.25) is 0 Å². The summed E-state index contributed by atoms with van der Waals surface area (Å²) in [5.74, 6) is 0. The van der Waals surface area contributed by atoms with Gasteiger partial charge in [0, 0.05) is 30.7 Å². The number of nitrogens with one attached hydrogen (secondary N) is 1. The summed E-state index contributed by atoms with van der Waals surface area (Å²) in [5, 5.41) is 4.60. The average molecular weight is 215 g/mol. The number of nitrogens with two attached hydrogens (primary N) is 1. The van der Waals surface area contributed by atoms with Crippen molar-refractivity contribution >= 4 is 10.9 Å². The molecule has 0 aliphatic rings. The normalized spacial score (nSPS) is 12.9. The number of hydrogen-bond acceptors (Lipinski definition) is 3. The van der Waals surface area contributed by atoms with Gasteiger partial charge >= 0.3 is 0 Å². The van der Waals surface area contributed by atoms with Gasteiger partial charge in [-0.15, -0.1) is 0 Å². The molecule has 3 nitrogen and oxygen atoms in total. The molecule has 2 aromatic rings. The van der Waals surface area contributed by atoms with Crippen LogP contribution in [0, 0.1) is 0 Å². The minimum Gasteiger partial charge on any atom is -0.329 e. The van der Waals surface area contributed by atoms with E-state index in [0.29, 0.717) is 12.6 Å². The van der Waals surface area contributed by atoms with Gasteiger partial charge in [0.05, 0.1) is 5.52 Å². The highest BCUT2D eigenvalue weighted by Crippen LogP contribution is 2.15. The molecule has 0 saturated heterocycles. The summed E-state index contributed by atoms with van der Waals surface area (Å²) in [4.78, 5) is 4.34. The Bertz CT molecular complexity index is 462. The molecule has 1 heterocycles. The molecule has 0 bridgehead atoms. The molecule has 0 radical (unpaired) electrons. The zero-order chi connectivity index (χ0) is 11.4. The van der Waals surface area contributed by atoms with Crippen molar-refractivity contribution in [3.8, 4) is 0 Å². The zero-order valence-electron chi connectivity index (χ0n) is 9.48. The SMILES string of the molecule is C[C@@H](CN)NCc1ccnc2ccccc12. The summed E-state index contributed by atoms with van der Waals surface area (Å²) in [6.07, 6.45) is 1.85. The number of benzene rings is 1. The number of rotatable bonds is 4. The van der Waals surface area contributed by atoms with E-state index in [1.54, 1.807) is 0 Å². The average Bonchev–Trinajstić information content (AvgIpc) is 2.35. The lowest BCUT2D eigenvalue weighted by Gasteiger charge is -2.12. The maximum atomic E-state index is 5.57. The minimum atomic E-state index is 0.340. The van der Waals surface area contributed by atoms with Gasteiger partial charge in [-0.25, -0.2) is 0 Å². The molecular weight excluding hydrogens is 198 g/mol. The molecule has 0 aliphatic carbocycles. The van der Waals surface area contributed by atoms with Crippen LogP contribution in [0.4, 0.5) is 0 Å². The molecule has 0 spiro atoms. The fourth-order valence-electron chi connectivity index (χ4n) is 1.68. The van der Waals surface area contributed by atoms with Crippen LogP contribution < -0.4 is 11.1 Å². The highest BCUT2D eigenvalue weighted by Gasteiger charge is 2.02. The summed E-state index contributed by atoms with van der Waals surface area (Å²) >= 11 is 0. The van der Waals surface area contributed by atoms with Crippen molar-refractivity contribution in [3.05, 3.63) is 42.1 Å². The van der Waals surface area contributed by atoms with E-state index in [4.69, 9.17) is 5.73 Å². The maximum Gasteiger partial charge on any atom is 0.0705 e. The quantitative estimate of drug-likeness (QED) is 0.815. The van der Waals surface area contributed by atoms with Gasteiger partial charge in [0.2, 0.25) is 0 Å². The van der Waals surface area contributed by atoms with Gasteiger partial charge in [-0.2, -0.15) is 0 Å². The van der Waals surface area contributed by atoms with E-state index in [0.717, 1.165) is 12.1 Å². The largest absolute Gasteiger partial charge is 0.329 e. The lowest BCUT2D eigenvalue weighted by molar-refractivity contribution is 0.558. The van der Waals surface area contributed by atoms with Crippen LogP contribution in [0.25, 0.3) is 10.9 Å². The third kappa shape index (κ3) is 2.38. The highest BCUT2D eigenvalue weighted by atomic mass is 14.9. The Balaban J connectivity index is 2.23. The molecule has 84 valence electrons. The molecule has 0 aliphatic heterocycles. The molecule has 0 amide bonds. The van der Waals surface area contributed by atoms with Crippen molar-refractivity contribution in [2.45, 2.75) is 19.5 Å². The lowest BCUT2D eigenvalue weighted by atomic mass is 10.1. The van der Waals surface area contributed by atoms with E-state index in [9.17, 15) is 0 Å². The Hall–Kier alpha value is -1.45. The van der Waals surface area contributed by atoms with E-state index >= 15 is 0 Å². The van der Waals surface area contributed by atoms with Gasteiger partial charge in [0.15, 0.2) is 0 Å². The zero-order valence-corrected chi connectivity index (χ0v) is 9.48. The fraction of sp³-hybridized carbons (Fsp3) is 0.308. The van der Waals surface area contributed by atoms with Gasteiger partial charge in [-0.05, 0) is 24.6 Å². The van der Waals surface area contributed by atoms with Crippen LogP contribution >= 0.6 is 0 Å². The fourth-order valence-corrected chi connectivity index (χ4v) is 1.68. The number of para-hydroxylation sites is 1. The van der Waals surface area contributed by atoms with E-state index in [2.05, 4.69) is 29.4 Å². The standard InChI is InChI=1S/C13H17N3/c1-10(8-14)16-9-11-6-7-15-13-5-3-2-4-12(11)13/h2-7,10,16H,8-9,14H2,1H3/t10-/m0/s1. The first-order valence-electron chi connectivity index (χ1n) is 5.57. The number of pyridine rings is 1. The maximum absolute atomic E-state index is 5.57. The molecule has 0 fully saturated rings. The third-order valence-corrected chi connectivity index (χ3v) is 2.73. The summed E-state index contributed by atoms with van der Waals surface area (Å²) in [6, 6.07) is 10.6. The van der Waals surface area contributed by atoms with E-state index in [1.807, 2.05) is 24.4 Å². The lowest BCUT2D eigenvalue weighted by Crippen LogP contribution is -2.32. The van der Waals surface area contributed by atoms with Crippen molar-refractivity contribution in [3.63, 3.8) is 0 Å². The first-order chi connectivity index (χ1) is 7.81. The van der Waals surface area contributed by atoms with E-state index < -0.39 is 0 Å². The molecule has 16 heavy (non-hydrogen) atoms. The molecule has 3 N–H and O–H groups in total. The smallest absolute Gasteiger partial charge is 0.0705 e. The molecule has 0 unspecified atom stereocenters. The van der Waals surface area contributed by atoms with Gasteiger partial charge in [-0.3, -0.25) is 4.98 Å². The minimum absolute atomic E-state index is 0.340.